The topological polar surface area (TPSA) is 159 Å². The fourth-order valence-corrected chi connectivity index (χ4v) is 1.69. The van der Waals surface area contributed by atoms with Crippen molar-refractivity contribution >= 4 is 31.7 Å². The summed E-state index contributed by atoms with van der Waals surface area (Å²) in [4.78, 5) is 0. The van der Waals surface area contributed by atoms with Gasteiger partial charge < -0.3 is 0 Å². The summed E-state index contributed by atoms with van der Waals surface area (Å²) >= 11 is 0. The zero-order valence-electron chi connectivity index (χ0n) is 12.4. The van der Waals surface area contributed by atoms with E-state index >= 15 is 0 Å². The first-order valence-electron chi connectivity index (χ1n) is 5.90. The van der Waals surface area contributed by atoms with Crippen LogP contribution in [-0.2, 0) is 28.8 Å². The van der Waals surface area contributed by atoms with Gasteiger partial charge >= 0.3 is 20.2 Å². The molecule has 10 nitrogen and oxygen atoms in total. The molecule has 0 saturated heterocycles. The van der Waals surface area contributed by atoms with Crippen molar-refractivity contribution in [2.24, 2.45) is 10.3 Å². The Morgan fingerprint density at radius 1 is 0.833 bits per heavy atom. The SMILES string of the molecule is CS(=O)(=O)O/N=C(\C#N)c1ccc(/C(C#N)=N\OS(C)(=O)=O)cc1. The molecule has 0 aliphatic rings. The smallest absolute Gasteiger partial charge is 0.267 e. The van der Waals surface area contributed by atoms with E-state index in [1.165, 1.54) is 24.3 Å². The Kier molecular flexibility index (Phi) is 6.00. The molecular weight excluding hydrogens is 360 g/mol. The minimum Gasteiger partial charge on any atom is -0.267 e. The van der Waals surface area contributed by atoms with E-state index < -0.39 is 20.2 Å². The van der Waals surface area contributed by atoms with Gasteiger partial charge in [0.05, 0.1) is 12.5 Å². The molecule has 0 saturated carbocycles. The molecule has 0 spiro atoms. The zero-order chi connectivity index (χ0) is 18.4. The molecule has 0 atom stereocenters. The summed E-state index contributed by atoms with van der Waals surface area (Å²) in [6.45, 7) is 0. The standard InChI is InChI=1S/C12H10N4O6S2/c1-23(17,18)21-15-11(7-13)9-3-5-10(6-4-9)12(8-14)16-22-24(2,19)20/h3-6H,1-2H3/b15-11-,16-12+. The van der Waals surface area contributed by atoms with Crippen LogP contribution in [0.5, 0.6) is 0 Å². The van der Waals surface area contributed by atoms with Crippen LogP contribution in [0, 0.1) is 22.7 Å². The largest absolute Gasteiger partial charge is 0.325 e. The van der Waals surface area contributed by atoms with Crippen LogP contribution in [0.2, 0.25) is 0 Å². The highest BCUT2D eigenvalue weighted by atomic mass is 32.2. The number of rotatable bonds is 6. The van der Waals surface area contributed by atoms with E-state index in [-0.39, 0.29) is 22.6 Å². The summed E-state index contributed by atoms with van der Waals surface area (Å²) in [5, 5.41) is 24.3. The Bertz CT molecular complexity index is 883. The van der Waals surface area contributed by atoms with Gasteiger partial charge in [-0.2, -0.15) is 27.4 Å². The lowest BCUT2D eigenvalue weighted by Crippen LogP contribution is -2.05. The normalized spacial score (nSPS) is 12.8. The second-order valence-corrected chi connectivity index (χ2v) is 7.35. The van der Waals surface area contributed by atoms with Gasteiger partial charge in [0, 0.05) is 11.1 Å². The maximum Gasteiger partial charge on any atom is 0.325 e. The van der Waals surface area contributed by atoms with Crippen molar-refractivity contribution in [3.05, 3.63) is 35.4 Å². The van der Waals surface area contributed by atoms with Gasteiger partial charge in [0.25, 0.3) is 0 Å². The van der Waals surface area contributed by atoms with E-state index in [1.807, 2.05) is 0 Å². The molecule has 0 N–H and O–H groups in total. The molecule has 0 radical (unpaired) electrons. The Hall–Kier alpha value is -2.96. The first kappa shape index (κ1) is 19.1. The summed E-state index contributed by atoms with van der Waals surface area (Å²) in [5.74, 6) is 0. The second kappa shape index (κ2) is 7.54. The van der Waals surface area contributed by atoms with Crippen LogP contribution in [0.25, 0.3) is 0 Å². The van der Waals surface area contributed by atoms with E-state index in [2.05, 4.69) is 18.9 Å². The van der Waals surface area contributed by atoms with Crippen LogP contribution >= 0.6 is 0 Å². The molecule has 12 heteroatoms. The second-order valence-electron chi connectivity index (χ2n) is 4.24. The van der Waals surface area contributed by atoms with Crippen molar-refractivity contribution in [2.75, 3.05) is 12.5 Å². The minimum atomic E-state index is -3.86. The lowest BCUT2D eigenvalue weighted by atomic mass is 10.1. The molecule has 0 aliphatic heterocycles. The summed E-state index contributed by atoms with van der Waals surface area (Å²) in [7, 11) is -7.72. The molecule has 126 valence electrons. The lowest BCUT2D eigenvalue weighted by Gasteiger charge is -2.01. The highest BCUT2D eigenvalue weighted by Crippen LogP contribution is 2.09. The third kappa shape index (κ3) is 6.43. The quantitative estimate of drug-likeness (QED) is 0.503. The first-order valence-corrected chi connectivity index (χ1v) is 9.53. The van der Waals surface area contributed by atoms with E-state index in [1.54, 1.807) is 12.1 Å². The molecule has 0 unspecified atom stereocenters. The monoisotopic (exact) mass is 370 g/mol. The Morgan fingerprint density at radius 3 is 1.33 bits per heavy atom. The zero-order valence-corrected chi connectivity index (χ0v) is 14.0. The highest BCUT2D eigenvalue weighted by molar-refractivity contribution is 7.86. The molecular formula is C12H10N4O6S2. The average molecular weight is 370 g/mol. The number of hydrogen-bond acceptors (Lipinski definition) is 10. The number of hydrogen-bond donors (Lipinski definition) is 0. The third-order valence-corrected chi connectivity index (χ3v) is 2.86. The first-order chi connectivity index (χ1) is 11.1. The average Bonchev–Trinajstić information content (AvgIpc) is 2.47. The highest BCUT2D eigenvalue weighted by Gasteiger charge is 2.10. The summed E-state index contributed by atoms with van der Waals surface area (Å²) in [6, 6.07) is 8.69. The summed E-state index contributed by atoms with van der Waals surface area (Å²) < 4.78 is 51.8. The van der Waals surface area contributed by atoms with Crippen molar-refractivity contribution < 1.29 is 25.4 Å². The number of nitrogens with zero attached hydrogens (tertiary/aromatic N) is 4. The van der Waals surface area contributed by atoms with Crippen LogP contribution in [0.4, 0.5) is 0 Å². The molecule has 1 rings (SSSR count). The van der Waals surface area contributed by atoms with Crippen molar-refractivity contribution in [1.82, 2.24) is 0 Å². The van der Waals surface area contributed by atoms with Gasteiger partial charge in [0.1, 0.15) is 12.1 Å². The molecule has 1 aromatic rings. The van der Waals surface area contributed by atoms with Crippen LogP contribution in [0.3, 0.4) is 0 Å². The van der Waals surface area contributed by atoms with Crippen molar-refractivity contribution in [3.8, 4) is 12.1 Å². The summed E-state index contributed by atoms with van der Waals surface area (Å²) in [6.07, 6.45) is 1.54. The van der Waals surface area contributed by atoms with Gasteiger partial charge in [-0.1, -0.05) is 34.6 Å². The third-order valence-electron chi connectivity index (χ3n) is 2.17. The van der Waals surface area contributed by atoms with Crippen LogP contribution in [0.15, 0.2) is 34.6 Å². The number of benzene rings is 1. The fraction of sp³-hybridized carbons (Fsp3) is 0.167. The fourth-order valence-electron chi connectivity index (χ4n) is 1.27. The van der Waals surface area contributed by atoms with Crippen molar-refractivity contribution in [1.29, 1.82) is 10.5 Å². The molecule has 0 amide bonds. The molecule has 0 fully saturated rings. The van der Waals surface area contributed by atoms with Gasteiger partial charge in [0.2, 0.25) is 0 Å². The molecule has 0 aromatic heterocycles. The van der Waals surface area contributed by atoms with E-state index in [9.17, 15) is 16.8 Å². The van der Waals surface area contributed by atoms with Gasteiger partial charge in [-0.3, -0.25) is 8.57 Å². The number of nitriles is 2. The van der Waals surface area contributed by atoms with E-state index in [4.69, 9.17) is 10.5 Å². The molecule has 0 heterocycles. The maximum absolute atomic E-state index is 10.9. The van der Waals surface area contributed by atoms with E-state index in [0.717, 1.165) is 12.5 Å². The van der Waals surface area contributed by atoms with E-state index in [0.29, 0.717) is 0 Å². The lowest BCUT2D eigenvalue weighted by molar-refractivity contribution is 0.343. The predicted octanol–water partition coefficient (Wildman–Crippen LogP) is 0.0944. The summed E-state index contributed by atoms with van der Waals surface area (Å²) in [5.41, 5.74) is -0.193. The maximum atomic E-state index is 10.9. The number of oxime groups is 2. The Morgan fingerprint density at radius 2 is 1.12 bits per heavy atom. The molecule has 0 aliphatic carbocycles. The van der Waals surface area contributed by atoms with Gasteiger partial charge in [0.15, 0.2) is 11.4 Å². The van der Waals surface area contributed by atoms with Gasteiger partial charge in [-0.15, -0.1) is 0 Å². The Labute approximate surface area is 138 Å². The van der Waals surface area contributed by atoms with Gasteiger partial charge in [-0.25, -0.2) is 0 Å². The van der Waals surface area contributed by atoms with Crippen LogP contribution in [0.1, 0.15) is 11.1 Å². The Balaban J connectivity index is 3.12. The minimum absolute atomic E-state index is 0.214. The van der Waals surface area contributed by atoms with Crippen LogP contribution in [-0.4, -0.2) is 40.8 Å². The molecule has 24 heavy (non-hydrogen) atoms. The van der Waals surface area contributed by atoms with Crippen molar-refractivity contribution in [3.63, 3.8) is 0 Å². The molecule has 1 aromatic carbocycles. The molecule has 0 bridgehead atoms. The van der Waals surface area contributed by atoms with Gasteiger partial charge in [-0.05, 0) is 0 Å². The van der Waals surface area contributed by atoms with Crippen molar-refractivity contribution in [2.45, 2.75) is 0 Å². The van der Waals surface area contributed by atoms with Crippen LogP contribution < -0.4 is 0 Å². The predicted molar refractivity (Wildman–Crippen MR) is 82.6 cm³/mol.